The molecule has 3 nitrogen and oxygen atoms in total. The van der Waals surface area contributed by atoms with Gasteiger partial charge in [0.15, 0.2) is 0 Å². The Kier molecular flexibility index (Phi) is 5.99. The number of nitrogens with zero attached hydrogens (tertiary/aromatic N) is 1. The van der Waals surface area contributed by atoms with Crippen LogP contribution in [0.2, 0.25) is 0 Å². The molecule has 1 heterocycles. The number of rotatable bonds is 5. The number of thiocarbonyl (C=S) groups is 1. The summed E-state index contributed by atoms with van der Waals surface area (Å²) in [6.07, 6.45) is 0.419. The maximum Gasteiger partial charge on any atom is 0.129 e. The number of hydrogen-bond acceptors (Lipinski definition) is 4. The van der Waals surface area contributed by atoms with Crippen molar-refractivity contribution in [3.63, 3.8) is 0 Å². The number of aliphatic carboxylic acids is 1. The number of hydrogen-bond donors (Lipinski definition) is 0. The number of carboxylic acids is 1. The molecule has 0 aromatic heterocycles. The lowest BCUT2D eigenvalue weighted by Crippen LogP contribution is -2.47. The lowest BCUT2D eigenvalue weighted by Gasteiger charge is -2.39. The van der Waals surface area contributed by atoms with Gasteiger partial charge < -0.3 is 14.8 Å². The van der Waals surface area contributed by atoms with Gasteiger partial charge in [0.05, 0.1) is 22.5 Å². The molecular formula is C19H16BrFNO2S2-. The van der Waals surface area contributed by atoms with Crippen LogP contribution in [-0.2, 0) is 11.3 Å². The zero-order valence-corrected chi connectivity index (χ0v) is 17.2. The number of halogens is 2. The highest BCUT2D eigenvalue weighted by molar-refractivity contribution is 9.10. The summed E-state index contributed by atoms with van der Waals surface area (Å²) in [6, 6.07) is 12.5. The van der Waals surface area contributed by atoms with Crippen molar-refractivity contribution in [3.8, 4) is 0 Å². The molecule has 0 radical (unpaired) electrons. The van der Waals surface area contributed by atoms with Crippen LogP contribution in [0.5, 0.6) is 0 Å². The van der Waals surface area contributed by atoms with Crippen LogP contribution in [0.4, 0.5) is 10.1 Å². The molecule has 2 aromatic carbocycles. The second kappa shape index (κ2) is 8.06. The quantitative estimate of drug-likeness (QED) is 0.636. The van der Waals surface area contributed by atoms with Crippen molar-refractivity contribution in [3.05, 3.63) is 58.3 Å². The lowest BCUT2D eigenvalue weighted by molar-refractivity contribution is -0.311. The Bertz CT molecular complexity index is 861. The summed E-state index contributed by atoms with van der Waals surface area (Å²) in [4.78, 5) is 14.8. The second-order valence-corrected chi connectivity index (χ2v) is 8.52. The molecule has 0 amide bonds. The SMILES string of the molecule is CCC(C(=O)[O-])C1Sc2ccccc2N(Cc2ccc(Br)cc2F)C1=S. The highest BCUT2D eigenvalue weighted by atomic mass is 79.9. The van der Waals surface area contributed by atoms with Crippen molar-refractivity contribution in [2.75, 3.05) is 4.90 Å². The van der Waals surface area contributed by atoms with E-state index < -0.39 is 17.1 Å². The molecule has 3 rings (SSSR count). The number of thioether (sulfide) groups is 1. The predicted molar refractivity (Wildman–Crippen MR) is 108 cm³/mol. The van der Waals surface area contributed by atoms with E-state index in [2.05, 4.69) is 15.9 Å². The third-order valence-corrected chi connectivity index (χ3v) is 6.89. The van der Waals surface area contributed by atoms with E-state index in [1.54, 1.807) is 12.1 Å². The molecule has 0 N–H and O–H groups in total. The Balaban J connectivity index is 2.01. The molecule has 136 valence electrons. The van der Waals surface area contributed by atoms with Gasteiger partial charge in [0, 0.05) is 26.8 Å². The van der Waals surface area contributed by atoms with Gasteiger partial charge in [-0.25, -0.2) is 4.39 Å². The van der Waals surface area contributed by atoms with Crippen molar-refractivity contribution in [2.24, 2.45) is 5.92 Å². The van der Waals surface area contributed by atoms with Crippen LogP contribution < -0.4 is 10.0 Å². The van der Waals surface area contributed by atoms with E-state index in [1.807, 2.05) is 36.1 Å². The molecular weight excluding hydrogens is 437 g/mol. The van der Waals surface area contributed by atoms with E-state index in [1.165, 1.54) is 17.8 Å². The lowest BCUT2D eigenvalue weighted by atomic mass is 10.0. The summed E-state index contributed by atoms with van der Waals surface area (Å²) < 4.78 is 15.0. The normalized spacial score (nSPS) is 17.7. The smallest absolute Gasteiger partial charge is 0.129 e. The highest BCUT2D eigenvalue weighted by Crippen LogP contribution is 2.43. The van der Waals surface area contributed by atoms with E-state index in [4.69, 9.17) is 12.2 Å². The summed E-state index contributed by atoms with van der Waals surface area (Å²) in [5.74, 6) is -2.14. The van der Waals surface area contributed by atoms with Gasteiger partial charge in [-0.1, -0.05) is 53.3 Å². The fourth-order valence-corrected chi connectivity index (χ4v) is 5.21. The Morgan fingerprint density at radius 3 is 2.77 bits per heavy atom. The van der Waals surface area contributed by atoms with Gasteiger partial charge >= 0.3 is 0 Å². The minimum atomic E-state index is -1.11. The van der Waals surface area contributed by atoms with Crippen LogP contribution in [0.25, 0.3) is 0 Å². The van der Waals surface area contributed by atoms with Crippen LogP contribution in [0.3, 0.4) is 0 Å². The maximum atomic E-state index is 14.3. The Morgan fingerprint density at radius 1 is 1.38 bits per heavy atom. The van der Waals surface area contributed by atoms with Gasteiger partial charge in [-0.15, -0.1) is 11.8 Å². The minimum Gasteiger partial charge on any atom is -0.550 e. The minimum absolute atomic E-state index is 0.246. The van der Waals surface area contributed by atoms with E-state index in [-0.39, 0.29) is 12.4 Å². The largest absolute Gasteiger partial charge is 0.550 e. The topological polar surface area (TPSA) is 43.4 Å². The summed E-state index contributed by atoms with van der Waals surface area (Å²) in [5.41, 5.74) is 1.37. The maximum absolute atomic E-state index is 14.3. The van der Waals surface area contributed by atoms with E-state index >= 15 is 0 Å². The van der Waals surface area contributed by atoms with Gasteiger partial charge in [-0.2, -0.15) is 0 Å². The Morgan fingerprint density at radius 2 is 2.12 bits per heavy atom. The van der Waals surface area contributed by atoms with E-state index in [0.29, 0.717) is 21.4 Å². The van der Waals surface area contributed by atoms with Crippen LogP contribution in [-0.4, -0.2) is 16.2 Å². The fraction of sp³-hybridized carbons (Fsp3) is 0.263. The average molecular weight is 453 g/mol. The van der Waals surface area contributed by atoms with Crippen molar-refractivity contribution in [2.45, 2.75) is 30.0 Å². The van der Waals surface area contributed by atoms with Gasteiger partial charge in [0.1, 0.15) is 5.82 Å². The van der Waals surface area contributed by atoms with Crippen LogP contribution in [0.1, 0.15) is 18.9 Å². The van der Waals surface area contributed by atoms with Gasteiger partial charge in [-0.05, 0) is 30.7 Å². The molecule has 2 aromatic rings. The van der Waals surface area contributed by atoms with Crippen LogP contribution in [0, 0.1) is 11.7 Å². The number of para-hydroxylation sites is 1. The number of fused-ring (bicyclic) bond motifs is 1. The van der Waals surface area contributed by atoms with Gasteiger partial charge in [-0.3, -0.25) is 0 Å². The number of carboxylic acid groups (broad SMARTS) is 1. The summed E-state index contributed by atoms with van der Waals surface area (Å²) >= 11 is 10.3. The number of carbonyl (C=O) groups is 1. The number of benzene rings is 2. The average Bonchev–Trinajstić information content (AvgIpc) is 2.60. The Hall–Kier alpha value is -1.44. The first kappa shape index (κ1) is 19.3. The predicted octanol–water partition coefficient (Wildman–Crippen LogP) is 4.17. The van der Waals surface area contributed by atoms with Crippen molar-refractivity contribution < 1.29 is 14.3 Å². The Labute approximate surface area is 169 Å². The number of anilines is 1. The molecule has 0 spiro atoms. The third-order valence-electron chi connectivity index (χ3n) is 4.37. The summed E-state index contributed by atoms with van der Waals surface area (Å²) in [6.45, 7) is 2.05. The number of carbonyl (C=O) groups excluding carboxylic acids is 1. The molecule has 1 aliphatic rings. The molecule has 26 heavy (non-hydrogen) atoms. The molecule has 0 aliphatic carbocycles. The molecule has 0 bridgehead atoms. The molecule has 0 fully saturated rings. The molecule has 2 unspecified atom stereocenters. The standard InChI is InChI=1S/C19H17BrFNO2S2/c1-2-13(19(23)24)17-18(25)22(15-5-3-4-6-16(15)26-17)10-11-7-8-12(20)9-14(11)21/h3-9,13,17H,2,10H2,1H3,(H,23,24)/p-1. The van der Waals surface area contributed by atoms with E-state index in [0.717, 1.165) is 10.6 Å². The van der Waals surface area contributed by atoms with Crippen LogP contribution >= 0.6 is 39.9 Å². The molecule has 0 saturated heterocycles. The monoisotopic (exact) mass is 452 g/mol. The van der Waals surface area contributed by atoms with Crippen molar-refractivity contribution in [1.29, 1.82) is 0 Å². The summed E-state index contributed by atoms with van der Waals surface area (Å²) in [5, 5.41) is 11.2. The third kappa shape index (κ3) is 3.80. The first-order valence-electron chi connectivity index (χ1n) is 8.14. The first-order chi connectivity index (χ1) is 12.4. The van der Waals surface area contributed by atoms with Crippen molar-refractivity contribution >= 4 is 56.6 Å². The zero-order chi connectivity index (χ0) is 18.8. The molecule has 0 saturated carbocycles. The summed E-state index contributed by atoms with van der Waals surface area (Å²) in [7, 11) is 0. The van der Waals surface area contributed by atoms with Gasteiger partial charge in [0.25, 0.3) is 0 Å². The molecule has 2 atom stereocenters. The zero-order valence-electron chi connectivity index (χ0n) is 13.9. The molecule has 1 aliphatic heterocycles. The second-order valence-electron chi connectivity index (χ2n) is 6.00. The van der Waals surface area contributed by atoms with Crippen molar-refractivity contribution in [1.82, 2.24) is 0 Å². The van der Waals surface area contributed by atoms with Crippen LogP contribution in [0.15, 0.2) is 51.8 Å². The van der Waals surface area contributed by atoms with E-state index in [9.17, 15) is 14.3 Å². The first-order valence-corrected chi connectivity index (χ1v) is 10.2. The fourth-order valence-electron chi connectivity index (χ4n) is 2.98. The highest BCUT2D eigenvalue weighted by Gasteiger charge is 2.35. The van der Waals surface area contributed by atoms with Gasteiger partial charge in [0.2, 0.25) is 0 Å². The molecule has 7 heteroatoms.